The third-order valence-electron chi connectivity index (χ3n) is 12.3. The van der Waals surface area contributed by atoms with E-state index in [9.17, 15) is 19.8 Å². The van der Waals surface area contributed by atoms with Crippen LogP contribution in [0.3, 0.4) is 0 Å². The first-order chi connectivity index (χ1) is 29.5. The van der Waals surface area contributed by atoms with Gasteiger partial charge in [0.1, 0.15) is 6.10 Å². The minimum absolute atomic E-state index is 0.0611. The number of hydrogen-bond acceptors (Lipinski definition) is 5. The van der Waals surface area contributed by atoms with Gasteiger partial charge in [0.2, 0.25) is 5.91 Å². The summed E-state index contributed by atoms with van der Waals surface area (Å²) >= 11 is 0. The summed E-state index contributed by atoms with van der Waals surface area (Å²) in [5.41, 5.74) is 0. The Balaban J connectivity index is 4.60. The monoisotopic (exact) mass is 846 g/mol. The van der Waals surface area contributed by atoms with Gasteiger partial charge in [-0.1, -0.05) is 251 Å². The van der Waals surface area contributed by atoms with E-state index in [1.165, 1.54) is 186 Å². The Morgan fingerprint density at radius 1 is 0.483 bits per heavy atom. The molecule has 0 aromatic rings. The quantitative estimate of drug-likeness (QED) is 0.0322. The van der Waals surface area contributed by atoms with Gasteiger partial charge in [-0.05, 0) is 44.9 Å². The molecule has 3 unspecified atom stereocenters. The first kappa shape index (κ1) is 58.3. The Bertz CT molecular complexity index is 950. The van der Waals surface area contributed by atoms with E-state index < -0.39 is 18.2 Å². The van der Waals surface area contributed by atoms with Gasteiger partial charge in [-0.25, -0.2) is 0 Å². The predicted octanol–water partition coefficient (Wildman–Crippen LogP) is 15.9. The van der Waals surface area contributed by atoms with Gasteiger partial charge in [-0.2, -0.15) is 0 Å². The van der Waals surface area contributed by atoms with Crippen molar-refractivity contribution in [3.63, 3.8) is 0 Å². The molecule has 6 nitrogen and oxygen atoms in total. The zero-order chi connectivity index (χ0) is 43.8. The van der Waals surface area contributed by atoms with Crippen LogP contribution in [0.15, 0.2) is 24.3 Å². The number of aliphatic hydroxyl groups excluding tert-OH is 2. The number of aliphatic hydroxyl groups is 2. The summed E-state index contributed by atoms with van der Waals surface area (Å²) in [6, 6.07) is -0.707. The number of hydrogen-bond donors (Lipinski definition) is 3. The number of allylic oxidation sites excluding steroid dienone is 4. The molecule has 0 spiro atoms. The molecule has 3 atom stereocenters. The van der Waals surface area contributed by atoms with Crippen LogP contribution in [0.1, 0.15) is 284 Å². The maximum atomic E-state index is 13.2. The Hall–Kier alpha value is -1.66. The molecule has 0 aliphatic heterocycles. The van der Waals surface area contributed by atoms with Gasteiger partial charge in [0.15, 0.2) is 0 Å². The highest BCUT2D eigenvalue weighted by molar-refractivity contribution is 5.77. The van der Waals surface area contributed by atoms with Crippen LogP contribution in [0.25, 0.3) is 0 Å². The van der Waals surface area contributed by atoms with Crippen molar-refractivity contribution in [3.05, 3.63) is 24.3 Å². The second-order valence-electron chi connectivity index (χ2n) is 18.3. The number of nitrogens with one attached hydrogen (secondary N) is 1. The van der Waals surface area contributed by atoms with Crippen molar-refractivity contribution in [1.29, 1.82) is 0 Å². The van der Waals surface area contributed by atoms with E-state index in [2.05, 4.69) is 50.4 Å². The molecule has 3 N–H and O–H groups in total. The van der Waals surface area contributed by atoms with Crippen LogP contribution in [0, 0.1) is 0 Å². The molecular formula is C54H103NO5. The number of carbonyl (C=O) groups excluding carboxylic acids is 2. The third kappa shape index (κ3) is 43.0. The Kier molecular flexibility index (Phi) is 47.0. The van der Waals surface area contributed by atoms with E-state index in [0.717, 1.165) is 44.9 Å². The van der Waals surface area contributed by atoms with Crippen molar-refractivity contribution >= 4 is 11.9 Å². The first-order valence-corrected chi connectivity index (χ1v) is 26.6. The van der Waals surface area contributed by atoms with Crippen LogP contribution in [0.2, 0.25) is 0 Å². The van der Waals surface area contributed by atoms with Crippen molar-refractivity contribution in [2.75, 3.05) is 6.61 Å². The molecule has 0 heterocycles. The SMILES string of the molecule is CCCCCCCC/C=C\C/C=C/CCC(=O)OC(CCCCCCCCCCCCCCCCC)CC(=O)NC(CO)C(O)CCCCCCCCCCCCCCC. The van der Waals surface area contributed by atoms with Gasteiger partial charge in [0.25, 0.3) is 0 Å². The largest absolute Gasteiger partial charge is 0.462 e. The van der Waals surface area contributed by atoms with E-state index in [1.807, 2.05) is 0 Å². The van der Waals surface area contributed by atoms with Crippen molar-refractivity contribution in [1.82, 2.24) is 5.32 Å². The highest BCUT2D eigenvalue weighted by Gasteiger charge is 2.24. The summed E-state index contributed by atoms with van der Waals surface area (Å²) in [5.74, 6) is -0.539. The average Bonchev–Trinajstić information content (AvgIpc) is 3.24. The minimum atomic E-state index is -0.791. The molecule has 0 saturated heterocycles. The highest BCUT2D eigenvalue weighted by atomic mass is 16.5. The molecule has 0 aromatic heterocycles. The number of rotatable bonds is 48. The fraction of sp³-hybridized carbons (Fsp3) is 0.889. The van der Waals surface area contributed by atoms with Crippen molar-refractivity contribution < 1.29 is 24.5 Å². The van der Waals surface area contributed by atoms with E-state index in [0.29, 0.717) is 25.7 Å². The topological polar surface area (TPSA) is 95.9 Å². The normalized spacial score (nSPS) is 13.3. The van der Waals surface area contributed by atoms with Crippen LogP contribution in [-0.4, -0.2) is 46.9 Å². The molecule has 0 fully saturated rings. The summed E-state index contributed by atoms with van der Waals surface area (Å²) in [4.78, 5) is 26.1. The van der Waals surface area contributed by atoms with Crippen LogP contribution >= 0.6 is 0 Å². The van der Waals surface area contributed by atoms with Crippen LogP contribution in [0.5, 0.6) is 0 Å². The molecule has 0 rings (SSSR count). The van der Waals surface area contributed by atoms with Crippen molar-refractivity contribution in [2.45, 2.75) is 302 Å². The van der Waals surface area contributed by atoms with E-state index in [1.54, 1.807) is 0 Å². The molecule has 0 aliphatic carbocycles. The summed E-state index contributed by atoms with van der Waals surface area (Å²) in [6.07, 6.45) is 55.3. The summed E-state index contributed by atoms with van der Waals surface area (Å²) in [5, 5.41) is 23.8. The van der Waals surface area contributed by atoms with Crippen LogP contribution < -0.4 is 5.32 Å². The lowest BCUT2D eigenvalue weighted by Crippen LogP contribution is -2.46. The molecule has 6 heteroatoms. The van der Waals surface area contributed by atoms with Gasteiger partial charge in [0.05, 0.1) is 25.2 Å². The fourth-order valence-electron chi connectivity index (χ4n) is 8.25. The molecule has 0 aromatic carbocycles. The minimum Gasteiger partial charge on any atom is -0.462 e. The van der Waals surface area contributed by atoms with Gasteiger partial charge >= 0.3 is 5.97 Å². The number of amides is 1. The van der Waals surface area contributed by atoms with Crippen molar-refractivity contribution in [2.24, 2.45) is 0 Å². The molecule has 0 bridgehead atoms. The molecule has 1 amide bonds. The number of carbonyl (C=O) groups is 2. The Morgan fingerprint density at radius 2 is 0.850 bits per heavy atom. The molecule has 0 radical (unpaired) electrons. The van der Waals surface area contributed by atoms with Gasteiger partial charge in [-0.3, -0.25) is 9.59 Å². The Morgan fingerprint density at radius 3 is 1.27 bits per heavy atom. The van der Waals surface area contributed by atoms with Crippen LogP contribution in [0.4, 0.5) is 0 Å². The Labute approximate surface area is 373 Å². The highest BCUT2D eigenvalue weighted by Crippen LogP contribution is 2.18. The van der Waals surface area contributed by atoms with Gasteiger partial charge < -0.3 is 20.3 Å². The summed E-state index contributed by atoms with van der Waals surface area (Å²) in [6.45, 7) is 6.48. The smallest absolute Gasteiger partial charge is 0.306 e. The standard InChI is InChI=1S/C54H103NO5/c1-4-7-10-13-16-19-22-25-26-29-30-33-36-39-42-45-50(60-54(59)47-44-41-38-35-32-28-24-21-18-15-12-9-6-3)48-53(58)55-51(49-56)52(57)46-43-40-37-34-31-27-23-20-17-14-11-8-5-2/h28,32,38,41,50-52,56-57H,4-27,29-31,33-37,39-40,42-49H2,1-3H3,(H,55,58)/b32-28-,41-38+. The average molecular weight is 846 g/mol. The zero-order valence-corrected chi connectivity index (χ0v) is 40.4. The predicted molar refractivity (Wildman–Crippen MR) is 260 cm³/mol. The molecular weight excluding hydrogens is 743 g/mol. The van der Waals surface area contributed by atoms with Gasteiger partial charge in [0, 0.05) is 6.42 Å². The molecule has 0 saturated carbocycles. The second kappa shape index (κ2) is 48.4. The van der Waals surface area contributed by atoms with Crippen LogP contribution in [-0.2, 0) is 14.3 Å². The maximum absolute atomic E-state index is 13.2. The summed E-state index contributed by atoms with van der Waals surface area (Å²) < 4.78 is 5.90. The van der Waals surface area contributed by atoms with E-state index in [-0.39, 0.29) is 24.9 Å². The lowest BCUT2D eigenvalue weighted by molar-refractivity contribution is -0.150. The number of unbranched alkanes of at least 4 members (excludes halogenated alkanes) is 32. The number of esters is 1. The van der Waals surface area contributed by atoms with E-state index in [4.69, 9.17) is 4.74 Å². The zero-order valence-electron chi connectivity index (χ0n) is 40.4. The van der Waals surface area contributed by atoms with E-state index >= 15 is 0 Å². The molecule has 60 heavy (non-hydrogen) atoms. The molecule has 0 aliphatic rings. The van der Waals surface area contributed by atoms with Gasteiger partial charge in [-0.15, -0.1) is 0 Å². The molecule has 354 valence electrons. The van der Waals surface area contributed by atoms with Crippen molar-refractivity contribution in [3.8, 4) is 0 Å². The fourth-order valence-corrected chi connectivity index (χ4v) is 8.25. The lowest BCUT2D eigenvalue weighted by Gasteiger charge is -2.24. The lowest BCUT2D eigenvalue weighted by atomic mass is 10.0. The first-order valence-electron chi connectivity index (χ1n) is 26.6. The third-order valence-corrected chi connectivity index (χ3v) is 12.3. The number of ether oxygens (including phenoxy) is 1. The second-order valence-corrected chi connectivity index (χ2v) is 18.3. The summed E-state index contributed by atoms with van der Waals surface area (Å²) in [7, 11) is 0. The maximum Gasteiger partial charge on any atom is 0.306 e.